The standard InChI is InChI=1S/C15H22N2O/c1-10-3-5-12(6-4-10)11(2)17-15(18)13-7-8-14(16)9-13/h3-6,11,13-14H,7-9,16H2,1-2H3,(H,17,18). The summed E-state index contributed by atoms with van der Waals surface area (Å²) in [5, 5.41) is 3.08. The number of carbonyl (C=O) groups is 1. The molecular formula is C15H22N2O. The lowest BCUT2D eigenvalue weighted by molar-refractivity contribution is -0.125. The number of benzene rings is 1. The number of hydrogen-bond donors (Lipinski definition) is 2. The van der Waals surface area contributed by atoms with Gasteiger partial charge in [-0.05, 0) is 38.7 Å². The number of aryl methyl sites for hydroxylation is 1. The maximum Gasteiger partial charge on any atom is 0.223 e. The van der Waals surface area contributed by atoms with E-state index in [1.54, 1.807) is 0 Å². The van der Waals surface area contributed by atoms with Gasteiger partial charge in [0.15, 0.2) is 0 Å². The molecule has 0 radical (unpaired) electrons. The monoisotopic (exact) mass is 246 g/mol. The molecule has 3 nitrogen and oxygen atoms in total. The van der Waals surface area contributed by atoms with Gasteiger partial charge in [-0.15, -0.1) is 0 Å². The van der Waals surface area contributed by atoms with Crippen molar-refractivity contribution in [1.82, 2.24) is 5.32 Å². The average molecular weight is 246 g/mol. The maximum atomic E-state index is 12.1. The maximum absolute atomic E-state index is 12.1. The molecule has 2 rings (SSSR count). The molecule has 3 unspecified atom stereocenters. The van der Waals surface area contributed by atoms with Crippen LogP contribution in [0, 0.1) is 12.8 Å². The first-order valence-electron chi connectivity index (χ1n) is 6.69. The molecule has 1 amide bonds. The quantitative estimate of drug-likeness (QED) is 0.859. The molecule has 1 aromatic rings. The average Bonchev–Trinajstić information content (AvgIpc) is 2.76. The smallest absolute Gasteiger partial charge is 0.223 e. The van der Waals surface area contributed by atoms with Crippen LogP contribution in [0.3, 0.4) is 0 Å². The Morgan fingerprint density at radius 3 is 2.56 bits per heavy atom. The summed E-state index contributed by atoms with van der Waals surface area (Å²) in [6, 6.07) is 8.55. The molecule has 0 spiro atoms. The first kappa shape index (κ1) is 13.1. The van der Waals surface area contributed by atoms with Crippen LogP contribution in [0.5, 0.6) is 0 Å². The predicted molar refractivity (Wildman–Crippen MR) is 73.1 cm³/mol. The summed E-state index contributed by atoms with van der Waals surface area (Å²) in [5.74, 6) is 0.254. The number of nitrogens with one attached hydrogen (secondary N) is 1. The van der Waals surface area contributed by atoms with Gasteiger partial charge in [0.05, 0.1) is 6.04 Å². The fraction of sp³-hybridized carbons (Fsp3) is 0.533. The van der Waals surface area contributed by atoms with E-state index in [-0.39, 0.29) is 23.9 Å². The van der Waals surface area contributed by atoms with Crippen LogP contribution >= 0.6 is 0 Å². The van der Waals surface area contributed by atoms with Gasteiger partial charge in [-0.2, -0.15) is 0 Å². The predicted octanol–water partition coefficient (Wildman–Crippen LogP) is 2.30. The molecule has 18 heavy (non-hydrogen) atoms. The molecule has 1 aliphatic carbocycles. The molecule has 0 heterocycles. The minimum absolute atomic E-state index is 0.0647. The van der Waals surface area contributed by atoms with Gasteiger partial charge in [0, 0.05) is 12.0 Å². The lowest BCUT2D eigenvalue weighted by atomic mass is 10.0. The Bertz CT molecular complexity index is 413. The molecule has 0 aromatic heterocycles. The SMILES string of the molecule is Cc1ccc(C(C)NC(=O)C2CCC(N)C2)cc1. The third-order valence-electron chi connectivity index (χ3n) is 3.78. The van der Waals surface area contributed by atoms with Crippen molar-refractivity contribution in [2.45, 2.75) is 45.2 Å². The van der Waals surface area contributed by atoms with Crippen molar-refractivity contribution in [3.63, 3.8) is 0 Å². The molecule has 3 N–H and O–H groups in total. The second kappa shape index (κ2) is 5.53. The summed E-state index contributed by atoms with van der Waals surface area (Å²) in [7, 11) is 0. The Kier molecular flexibility index (Phi) is 4.02. The highest BCUT2D eigenvalue weighted by molar-refractivity contribution is 5.79. The second-order valence-corrected chi connectivity index (χ2v) is 5.41. The van der Waals surface area contributed by atoms with Gasteiger partial charge >= 0.3 is 0 Å². The van der Waals surface area contributed by atoms with Crippen LogP contribution in [0.1, 0.15) is 43.4 Å². The van der Waals surface area contributed by atoms with Gasteiger partial charge in [-0.3, -0.25) is 4.79 Å². The van der Waals surface area contributed by atoms with Crippen molar-refractivity contribution in [1.29, 1.82) is 0 Å². The number of amides is 1. The molecule has 3 heteroatoms. The first-order chi connectivity index (χ1) is 8.56. The Balaban J connectivity index is 1.92. The summed E-state index contributed by atoms with van der Waals surface area (Å²) < 4.78 is 0. The fourth-order valence-corrected chi connectivity index (χ4v) is 2.52. The minimum Gasteiger partial charge on any atom is -0.349 e. The van der Waals surface area contributed by atoms with E-state index in [4.69, 9.17) is 5.73 Å². The zero-order valence-electron chi connectivity index (χ0n) is 11.1. The zero-order valence-corrected chi connectivity index (χ0v) is 11.1. The molecule has 1 aromatic carbocycles. The molecule has 1 aliphatic rings. The normalized spacial score (nSPS) is 24.8. The molecule has 0 bridgehead atoms. The van der Waals surface area contributed by atoms with Gasteiger partial charge in [0.1, 0.15) is 0 Å². The molecule has 3 atom stereocenters. The van der Waals surface area contributed by atoms with Crippen molar-refractivity contribution in [3.8, 4) is 0 Å². The van der Waals surface area contributed by atoms with Crippen LogP contribution in [-0.4, -0.2) is 11.9 Å². The first-order valence-corrected chi connectivity index (χ1v) is 6.69. The number of carbonyl (C=O) groups excluding carboxylic acids is 1. The highest BCUT2D eigenvalue weighted by atomic mass is 16.1. The molecule has 1 saturated carbocycles. The highest BCUT2D eigenvalue weighted by Gasteiger charge is 2.28. The van der Waals surface area contributed by atoms with E-state index in [9.17, 15) is 4.79 Å². The topological polar surface area (TPSA) is 55.1 Å². The molecule has 0 saturated heterocycles. The van der Waals surface area contributed by atoms with Crippen LogP contribution < -0.4 is 11.1 Å². The molecule has 98 valence electrons. The fourth-order valence-electron chi connectivity index (χ4n) is 2.52. The molecule has 1 fully saturated rings. The summed E-state index contributed by atoms with van der Waals surface area (Å²) in [6.45, 7) is 4.09. The summed E-state index contributed by atoms with van der Waals surface area (Å²) in [5.41, 5.74) is 8.23. The Morgan fingerprint density at radius 1 is 1.33 bits per heavy atom. The van der Waals surface area contributed by atoms with Gasteiger partial charge in [0.25, 0.3) is 0 Å². The van der Waals surface area contributed by atoms with Crippen molar-refractivity contribution in [2.24, 2.45) is 11.7 Å². The van der Waals surface area contributed by atoms with E-state index in [1.165, 1.54) is 5.56 Å². The van der Waals surface area contributed by atoms with Crippen LogP contribution in [0.15, 0.2) is 24.3 Å². The van der Waals surface area contributed by atoms with Crippen molar-refractivity contribution >= 4 is 5.91 Å². The summed E-state index contributed by atoms with van der Waals surface area (Å²) >= 11 is 0. The van der Waals surface area contributed by atoms with Crippen LogP contribution in [-0.2, 0) is 4.79 Å². The number of nitrogens with two attached hydrogens (primary N) is 1. The third-order valence-corrected chi connectivity index (χ3v) is 3.78. The largest absolute Gasteiger partial charge is 0.349 e. The summed E-state index contributed by atoms with van der Waals surface area (Å²) in [6.07, 6.45) is 2.72. The van der Waals surface area contributed by atoms with E-state index >= 15 is 0 Å². The Morgan fingerprint density at radius 2 is 2.00 bits per heavy atom. The highest BCUT2D eigenvalue weighted by Crippen LogP contribution is 2.25. The van der Waals surface area contributed by atoms with E-state index in [1.807, 2.05) is 6.92 Å². The lowest BCUT2D eigenvalue weighted by Gasteiger charge is -2.17. The molecule has 0 aliphatic heterocycles. The minimum atomic E-state index is 0.0647. The number of rotatable bonds is 3. The van der Waals surface area contributed by atoms with Gasteiger partial charge in [-0.1, -0.05) is 29.8 Å². The van der Waals surface area contributed by atoms with Crippen molar-refractivity contribution in [2.75, 3.05) is 0 Å². The van der Waals surface area contributed by atoms with Crippen LogP contribution in [0.2, 0.25) is 0 Å². The lowest BCUT2D eigenvalue weighted by Crippen LogP contribution is -2.32. The van der Waals surface area contributed by atoms with E-state index in [0.717, 1.165) is 24.8 Å². The van der Waals surface area contributed by atoms with Crippen LogP contribution in [0.4, 0.5) is 0 Å². The summed E-state index contributed by atoms with van der Waals surface area (Å²) in [4.78, 5) is 12.1. The Labute approximate surface area is 109 Å². The molecular weight excluding hydrogens is 224 g/mol. The third kappa shape index (κ3) is 3.10. The van der Waals surface area contributed by atoms with E-state index < -0.39 is 0 Å². The Hall–Kier alpha value is -1.35. The van der Waals surface area contributed by atoms with Crippen molar-refractivity contribution < 1.29 is 4.79 Å². The zero-order chi connectivity index (χ0) is 13.1. The van der Waals surface area contributed by atoms with Gasteiger partial charge in [-0.25, -0.2) is 0 Å². The van der Waals surface area contributed by atoms with Gasteiger partial charge in [0.2, 0.25) is 5.91 Å². The van der Waals surface area contributed by atoms with E-state index in [2.05, 4.69) is 36.5 Å². The van der Waals surface area contributed by atoms with Gasteiger partial charge < -0.3 is 11.1 Å². The number of hydrogen-bond acceptors (Lipinski definition) is 2. The van der Waals surface area contributed by atoms with Crippen molar-refractivity contribution in [3.05, 3.63) is 35.4 Å². The van der Waals surface area contributed by atoms with E-state index in [0.29, 0.717) is 0 Å². The second-order valence-electron chi connectivity index (χ2n) is 5.41. The van der Waals surface area contributed by atoms with Crippen LogP contribution in [0.25, 0.3) is 0 Å².